The quantitative estimate of drug-likeness (QED) is 0.218. The Morgan fingerprint density at radius 2 is 1.67 bits per heavy atom. The van der Waals surface area contributed by atoms with Crippen molar-refractivity contribution in [2.24, 2.45) is 0 Å². The summed E-state index contributed by atoms with van der Waals surface area (Å²) in [6, 6.07) is 8.46. The lowest BCUT2D eigenvalue weighted by molar-refractivity contribution is -0.143. The van der Waals surface area contributed by atoms with Gasteiger partial charge in [-0.3, -0.25) is 14.7 Å². The number of aromatic nitrogens is 2. The fourth-order valence-electron chi connectivity index (χ4n) is 5.08. The fourth-order valence-corrected chi connectivity index (χ4v) is 5.20. The molecule has 2 aromatic heterocycles. The number of nitrogens with zero attached hydrogens (tertiary/aromatic N) is 3. The number of piperazine rings is 1. The number of hydrogen-bond donors (Lipinski definition) is 2. The molecule has 1 atom stereocenters. The zero-order valence-corrected chi connectivity index (χ0v) is 24.4. The van der Waals surface area contributed by atoms with Gasteiger partial charge < -0.3 is 15.0 Å². The Kier molecular flexibility index (Phi) is 10.5. The van der Waals surface area contributed by atoms with Crippen LogP contribution in [0.2, 0.25) is 5.02 Å². The molecule has 0 unspecified atom stereocenters. The predicted octanol–water partition coefficient (Wildman–Crippen LogP) is 7.37. The maximum Gasteiger partial charge on any atom is 0.416 e. The number of phenols is 1. The second-order valence-electron chi connectivity index (χ2n) is 9.89. The van der Waals surface area contributed by atoms with Gasteiger partial charge in [-0.2, -0.15) is 26.3 Å². The van der Waals surface area contributed by atoms with Crippen LogP contribution in [0.4, 0.5) is 26.3 Å². The zero-order valence-electron chi connectivity index (χ0n) is 22.0. The van der Waals surface area contributed by atoms with Crippen molar-refractivity contribution in [2.45, 2.75) is 31.4 Å². The minimum absolute atomic E-state index is 0. The van der Waals surface area contributed by atoms with Crippen LogP contribution in [0.1, 0.15) is 32.6 Å². The molecule has 0 spiro atoms. The minimum Gasteiger partial charge on any atom is -0.506 e. The monoisotopic (exact) mass is 668 g/mol. The second kappa shape index (κ2) is 13.2. The Labute approximate surface area is 259 Å². The molecule has 15 heteroatoms. The number of rotatable bonds is 5. The SMILES string of the molecule is Cl.Cl.O=C(c1cc(C(F)(F)F)cc(C(F)(F)F)c1)N1CCN(Cc2c[nH]c3cccnc23)C[C@H]1Cc1ccc(Cl)c(O)c1. The van der Waals surface area contributed by atoms with E-state index < -0.39 is 41.0 Å². The third kappa shape index (κ3) is 7.67. The van der Waals surface area contributed by atoms with Gasteiger partial charge in [0.25, 0.3) is 5.91 Å². The first-order valence-electron chi connectivity index (χ1n) is 12.5. The van der Waals surface area contributed by atoms with E-state index >= 15 is 0 Å². The molecule has 232 valence electrons. The standard InChI is InChI=1S/C28H23ClF6N4O2.2ClH/c29-22-4-3-16(9-24(22)40)8-21-15-38(14-18-13-37-23-2-1-5-36-25(18)23)6-7-39(21)26(41)17-10-19(27(30,31)32)12-20(11-17)28(33,34)35;;/h1-5,9-13,21,37,40H,6-8,14-15H2;2*1H/t21-;;/m1../s1. The number of amides is 1. The van der Waals surface area contributed by atoms with Gasteiger partial charge in [-0.25, -0.2) is 0 Å². The molecule has 2 aromatic carbocycles. The molecule has 1 amide bonds. The summed E-state index contributed by atoms with van der Waals surface area (Å²) in [5.41, 5.74) is -0.712. The highest BCUT2D eigenvalue weighted by Crippen LogP contribution is 2.37. The van der Waals surface area contributed by atoms with Crippen molar-refractivity contribution in [3.63, 3.8) is 0 Å². The normalized spacial score (nSPS) is 16.1. The number of pyridine rings is 1. The number of alkyl halides is 6. The van der Waals surface area contributed by atoms with Gasteiger partial charge in [0.1, 0.15) is 5.75 Å². The second-order valence-corrected chi connectivity index (χ2v) is 10.3. The number of phenolic OH excluding ortho intramolecular Hbond substituents is 1. The van der Waals surface area contributed by atoms with E-state index in [1.807, 2.05) is 17.2 Å². The Morgan fingerprint density at radius 1 is 1.00 bits per heavy atom. The lowest BCUT2D eigenvalue weighted by atomic mass is 9.98. The zero-order chi connectivity index (χ0) is 29.5. The Hall–Kier alpha value is -3.19. The van der Waals surface area contributed by atoms with Crippen LogP contribution in [0.15, 0.2) is 60.9 Å². The summed E-state index contributed by atoms with van der Waals surface area (Å²) in [4.78, 5) is 24.4. The largest absolute Gasteiger partial charge is 0.506 e. The van der Waals surface area contributed by atoms with Crippen molar-refractivity contribution in [2.75, 3.05) is 19.6 Å². The van der Waals surface area contributed by atoms with Crippen molar-refractivity contribution < 1.29 is 36.2 Å². The van der Waals surface area contributed by atoms with Crippen LogP contribution in [-0.4, -0.2) is 56.5 Å². The predicted molar refractivity (Wildman–Crippen MR) is 154 cm³/mol. The van der Waals surface area contributed by atoms with Crippen molar-refractivity contribution in [1.82, 2.24) is 19.8 Å². The molecule has 4 aromatic rings. The van der Waals surface area contributed by atoms with Crippen LogP contribution < -0.4 is 0 Å². The Bertz CT molecular complexity index is 1560. The fraction of sp³-hybridized carbons (Fsp3) is 0.286. The number of fused-ring (bicyclic) bond motifs is 1. The molecule has 1 aliphatic rings. The van der Waals surface area contributed by atoms with E-state index in [1.165, 1.54) is 17.0 Å². The van der Waals surface area contributed by atoms with Crippen LogP contribution in [0, 0.1) is 0 Å². The molecule has 1 saturated heterocycles. The molecule has 0 radical (unpaired) electrons. The van der Waals surface area contributed by atoms with Gasteiger partial charge in [0.15, 0.2) is 0 Å². The molecule has 1 aliphatic heterocycles. The lowest BCUT2D eigenvalue weighted by Crippen LogP contribution is -2.55. The smallest absolute Gasteiger partial charge is 0.416 e. The van der Waals surface area contributed by atoms with Crippen LogP contribution in [-0.2, 0) is 25.3 Å². The van der Waals surface area contributed by atoms with Crippen LogP contribution in [0.25, 0.3) is 11.0 Å². The number of nitrogens with one attached hydrogen (secondary N) is 1. The summed E-state index contributed by atoms with van der Waals surface area (Å²) >= 11 is 5.92. The van der Waals surface area contributed by atoms with Crippen molar-refractivity contribution >= 4 is 53.4 Å². The van der Waals surface area contributed by atoms with Crippen LogP contribution >= 0.6 is 36.4 Å². The van der Waals surface area contributed by atoms with Gasteiger partial charge in [-0.15, -0.1) is 24.8 Å². The van der Waals surface area contributed by atoms with Crippen molar-refractivity contribution in [3.05, 3.63) is 93.8 Å². The van der Waals surface area contributed by atoms with Gasteiger partial charge in [0.05, 0.1) is 27.2 Å². The summed E-state index contributed by atoms with van der Waals surface area (Å²) in [6.07, 6.45) is -6.51. The molecule has 2 N–H and O–H groups in total. The summed E-state index contributed by atoms with van der Waals surface area (Å²) in [7, 11) is 0. The van der Waals surface area contributed by atoms with Crippen molar-refractivity contribution in [1.29, 1.82) is 0 Å². The number of carbonyl (C=O) groups is 1. The summed E-state index contributed by atoms with van der Waals surface area (Å²) in [5.74, 6) is -1.13. The summed E-state index contributed by atoms with van der Waals surface area (Å²) < 4.78 is 80.9. The maximum absolute atomic E-state index is 13.6. The highest BCUT2D eigenvalue weighted by molar-refractivity contribution is 6.32. The number of halogens is 9. The number of hydrogen-bond acceptors (Lipinski definition) is 4. The van der Waals surface area contributed by atoms with Gasteiger partial charge in [-0.05, 0) is 54.4 Å². The first-order chi connectivity index (χ1) is 19.3. The first-order valence-corrected chi connectivity index (χ1v) is 12.9. The number of aromatic amines is 1. The maximum atomic E-state index is 13.6. The molecule has 43 heavy (non-hydrogen) atoms. The van der Waals surface area contributed by atoms with E-state index in [2.05, 4.69) is 9.97 Å². The van der Waals surface area contributed by atoms with E-state index in [0.29, 0.717) is 30.8 Å². The lowest BCUT2D eigenvalue weighted by Gasteiger charge is -2.42. The highest BCUT2D eigenvalue weighted by Gasteiger charge is 2.39. The number of H-pyrrole nitrogens is 1. The summed E-state index contributed by atoms with van der Waals surface area (Å²) in [6.45, 7) is 1.08. The third-order valence-corrected chi connectivity index (χ3v) is 7.37. The van der Waals surface area contributed by atoms with Gasteiger partial charge >= 0.3 is 12.4 Å². The molecule has 3 heterocycles. The van der Waals surface area contributed by atoms with Crippen molar-refractivity contribution in [3.8, 4) is 5.75 Å². The molecule has 5 rings (SSSR count). The van der Waals surface area contributed by atoms with E-state index in [1.54, 1.807) is 18.3 Å². The van der Waals surface area contributed by atoms with Gasteiger partial charge in [-0.1, -0.05) is 17.7 Å². The molecular weight excluding hydrogens is 645 g/mol. The topological polar surface area (TPSA) is 72.5 Å². The molecule has 0 aliphatic carbocycles. The Balaban J connectivity index is 0.00000253. The molecular formula is C28H25Cl3F6N4O2. The summed E-state index contributed by atoms with van der Waals surface area (Å²) in [5, 5.41) is 10.2. The van der Waals surface area contributed by atoms with Crippen LogP contribution in [0.5, 0.6) is 5.75 Å². The van der Waals surface area contributed by atoms with E-state index in [9.17, 15) is 36.2 Å². The molecule has 0 bridgehead atoms. The first kappa shape index (κ1) is 34.3. The van der Waals surface area contributed by atoms with Gasteiger partial charge in [0, 0.05) is 55.7 Å². The number of benzene rings is 2. The number of carbonyl (C=O) groups excluding carboxylic acids is 1. The minimum atomic E-state index is -5.08. The van der Waals surface area contributed by atoms with E-state index in [-0.39, 0.29) is 61.2 Å². The average Bonchev–Trinajstić information content (AvgIpc) is 3.32. The Morgan fingerprint density at radius 3 is 2.30 bits per heavy atom. The highest BCUT2D eigenvalue weighted by atomic mass is 35.5. The number of aromatic hydroxyl groups is 1. The van der Waals surface area contributed by atoms with E-state index in [4.69, 9.17) is 11.6 Å². The van der Waals surface area contributed by atoms with E-state index in [0.717, 1.165) is 16.6 Å². The molecule has 6 nitrogen and oxygen atoms in total. The average molecular weight is 670 g/mol. The van der Waals surface area contributed by atoms with Crippen LogP contribution in [0.3, 0.4) is 0 Å². The molecule has 0 saturated carbocycles. The van der Waals surface area contributed by atoms with Gasteiger partial charge in [0.2, 0.25) is 0 Å². The third-order valence-electron chi connectivity index (χ3n) is 7.05. The molecule has 1 fully saturated rings.